The lowest BCUT2D eigenvalue weighted by molar-refractivity contribution is -0.123. The Kier molecular flexibility index (Phi) is 3.87. The number of benzene rings is 1. The number of fused-ring (bicyclic) bond motifs is 1. The van der Waals surface area contributed by atoms with E-state index >= 15 is 0 Å². The smallest absolute Gasteiger partial charge is 0.257 e. The fraction of sp³-hybridized carbons (Fsp3) is 0.357. The molecule has 0 atom stereocenters. The van der Waals surface area contributed by atoms with Crippen LogP contribution in [-0.2, 0) is 4.79 Å². The molecule has 0 unspecified atom stereocenters. The minimum absolute atomic E-state index is 0.0164. The van der Waals surface area contributed by atoms with Crippen molar-refractivity contribution in [3.63, 3.8) is 0 Å². The Morgan fingerprint density at radius 1 is 1.44 bits per heavy atom. The van der Waals surface area contributed by atoms with Crippen LogP contribution in [0.2, 0.25) is 0 Å². The largest absolute Gasteiger partial charge is 0.480 e. The third kappa shape index (κ3) is 2.83. The summed E-state index contributed by atoms with van der Waals surface area (Å²) in [5, 5.41) is 3.66. The summed E-state index contributed by atoms with van der Waals surface area (Å²) in [7, 11) is 0. The molecule has 2 rings (SSSR count). The lowest BCUT2D eigenvalue weighted by atomic mass is 10.2. The van der Waals surface area contributed by atoms with Crippen LogP contribution in [0.3, 0.4) is 0 Å². The molecule has 0 saturated carbocycles. The van der Waals surface area contributed by atoms with Crippen molar-refractivity contribution in [2.24, 2.45) is 0 Å². The van der Waals surface area contributed by atoms with Crippen LogP contribution in [0, 0.1) is 6.92 Å². The van der Waals surface area contributed by atoms with Gasteiger partial charge >= 0.3 is 0 Å². The van der Waals surface area contributed by atoms with Gasteiger partial charge < -0.3 is 14.5 Å². The quantitative estimate of drug-likeness (QED) is 0.883. The number of ether oxygens (including phenoxy) is 1. The predicted molar refractivity (Wildman–Crippen MR) is 69.7 cm³/mol. The Bertz CT molecular complexity index is 545. The zero-order valence-corrected chi connectivity index (χ0v) is 10.7. The van der Waals surface area contributed by atoms with E-state index in [9.17, 15) is 4.79 Å². The number of hydrogen-bond acceptors (Lipinski definition) is 3. The Labute approximate surface area is 106 Å². The van der Waals surface area contributed by atoms with Gasteiger partial charge in [-0.25, -0.2) is 0 Å². The van der Waals surface area contributed by atoms with Gasteiger partial charge in [0.05, 0.1) is 5.39 Å². The van der Waals surface area contributed by atoms with Gasteiger partial charge in [-0.05, 0) is 25.5 Å². The number of hydrogen-bond donors (Lipinski definition) is 1. The first kappa shape index (κ1) is 12.5. The minimum atomic E-state index is -0.112. The van der Waals surface area contributed by atoms with Gasteiger partial charge in [0.25, 0.3) is 5.91 Å². The Balaban J connectivity index is 2.03. The third-order valence-corrected chi connectivity index (χ3v) is 2.62. The first-order chi connectivity index (χ1) is 8.70. The second-order valence-electron chi connectivity index (χ2n) is 4.24. The van der Waals surface area contributed by atoms with Crippen molar-refractivity contribution in [1.29, 1.82) is 0 Å². The molecule has 0 radical (unpaired) electrons. The Hall–Kier alpha value is -1.97. The molecule has 0 aliphatic heterocycles. The van der Waals surface area contributed by atoms with Crippen LogP contribution in [0.5, 0.6) is 5.75 Å². The lowest BCUT2D eigenvalue weighted by Gasteiger charge is -2.05. The fourth-order valence-corrected chi connectivity index (χ4v) is 1.69. The zero-order chi connectivity index (χ0) is 13.0. The molecule has 0 fully saturated rings. The molecule has 0 aliphatic carbocycles. The van der Waals surface area contributed by atoms with E-state index in [1.165, 1.54) is 6.26 Å². The molecule has 1 heterocycles. The number of furan rings is 1. The van der Waals surface area contributed by atoms with E-state index in [1.807, 2.05) is 32.0 Å². The topological polar surface area (TPSA) is 51.5 Å². The summed E-state index contributed by atoms with van der Waals surface area (Å²) in [6.45, 7) is 4.70. The van der Waals surface area contributed by atoms with Crippen molar-refractivity contribution in [1.82, 2.24) is 5.32 Å². The van der Waals surface area contributed by atoms with Crippen LogP contribution in [0.15, 0.2) is 28.9 Å². The zero-order valence-electron chi connectivity index (χ0n) is 10.7. The first-order valence-electron chi connectivity index (χ1n) is 6.08. The van der Waals surface area contributed by atoms with Gasteiger partial charge in [-0.3, -0.25) is 4.79 Å². The molecule has 4 nitrogen and oxygen atoms in total. The third-order valence-electron chi connectivity index (χ3n) is 2.62. The highest BCUT2D eigenvalue weighted by Gasteiger charge is 2.09. The maximum Gasteiger partial charge on any atom is 0.257 e. The fourth-order valence-electron chi connectivity index (χ4n) is 1.69. The average Bonchev–Trinajstić information content (AvgIpc) is 2.76. The van der Waals surface area contributed by atoms with Gasteiger partial charge in [-0.2, -0.15) is 0 Å². The van der Waals surface area contributed by atoms with Crippen molar-refractivity contribution in [3.8, 4) is 5.75 Å². The van der Waals surface area contributed by atoms with Crippen LogP contribution in [0.1, 0.15) is 18.9 Å². The molecule has 0 spiro atoms. The molecule has 2 aromatic rings. The summed E-state index contributed by atoms with van der Waals surface area (Å²) in [6.07, 6.45) is 2.46. The van der Waals surface area contributed by atoms with Gasteiger partial charge in [0, 0.05) is 6.54 Å². The van der Waals surface area contributed by atoms with Gasteiger partial charge in [0.15, 0.2) is 12.4 Å². The van der Waals surface area contributed by atoms with E-state index < -0.39 is 0 Å². The average molecular weight is 247 g/mol. The van der Waals surface area contributed by atoms with Crippen molar-refractivity contribution < 1.29 is 13.9 Å². The first-order valence-corrected chi connectivity index (χ1v) is 6.08. The summed E-state index contributed by atoms with van der Waals surface area (Å²) >= 11 is 0. The van der Waals surface area contributed by atoms with Gasteiger partial charge in [0.2, 0.25) is 0 Å². The van der Waals surface area contributed by atoms with Crippen molar-refractivity contribution in [3.05, 3.63) is 30.0 Å². The second-order valence-corrected chi connectivity index (χ2v) is 4.24. The number of carbonyl (C=O) groups excluding carboxylic acids is 1. The van der Waals surface area contributed by atoms with Gasteiger partial charge in [0.1, 0.15) is 11.8 Å². The van der Waals surface area contributed by atoms with Crippen LogP contribution in [0.25, 0.3) is 11.0 Å². The molecule has 0 saturated heterocycles. The standard InChI is InChI=1S/C14H17NO3/c1-3-6-15-14(16)9-18-13-8-17-12-5-4-10(2)7-11(12)13/h4-5,7-8H,3,6,9H2,1-2H3,(H,15,16). The molecule has 0 bridgehead atoms. The molecule has 1 N–H and O–H groups in total. The number of aryl methyl sites for hydroxylation is 1. The van der Waals surface area contributed by atoms with Crippen molar-refractivity contribution in [2.75, 3.05) is 13.2 Å². The molecule has 1 aromatic carbocycles. The van der Waals surface area contributed by atoms with Crippen LogP contribution >= 0.6 is 0 Å². The SMILES string of the molecule is CCCNC(=O)COc1coc2ccc(C)cc12. The van der Waals surface area contributed by atoms with Crippen LogP contribution in [-0.4, -0.2) is 19.1 Å². The molecule has 96 valence electrons. The summed E-state index contributed by atoms with van der Waals surface area (Å²) in [4.78, 5) is 11.4. The summed E-state index contributed by atoms with van der Waals surface area (Å²) < 4.78 is 10.8. The maximum absolute atomic E-state index is 11.4. The van der Waals surface area contributed by atoms with E-state index in [-0.39, 0.29) is 12.5 Å². The van der Waals surface area contributed by atoms with E-state index in [4.69, 9.17) is 9.15 Å². The summed E-state index contributed by atoms with van der Waals surface area (Å²) in [5.74, 6) is 0.499. The van der Waals surface area contributed by atoms with Gasteiger partial charge in [-0.1, -0.05) is 18.6 Å². The van der Waals surface area contributed by atoms with Gasteiger partial charge in [-0.15, -0.1) is 0 Å². The number of rotatable bonds is 5. The molecule has 0 aliphatic rings. The van der Waals surface area contributed by atoms with Crippen molar-refractivity contribution >= 4 is 16.9 Å². The molecule has 1 amide bonds. The van der Waals surface area contributed by atoms with Crippen LogP contribution < -0.4 is 10.1 Å². The van der Waals surface area contributed by atoms with E-state index in [2.05, 4.69) is 5.32 Å². The second kappa shape index (κ2) is 5.58. The molecular formula is C14H17NO3. The summed E-state index contributed by atoms with van der Waals surface area (Å²) in [5.41, 5.74) is 1.90. The maximum atomic E-state index is 11.4. The Morgan fingerprint density at radius 2 is 2.28 bits per heavy atom. The monoisotopic (exact) mass is 247 g/mol. The van der Waals surface area contributed by atoms with E-state index in [0.717, 1.165) is 23.0 Å². The number of carbonyl (C=O) groups is 1. The molecule has 4 heteroatoms. The predicted octanol–water partition coefficient (Wildman–Crippen LogP) is 2.65. The highest BCUT2D eigenvalue weighted by molar-refractivity contribution is 5.85. The minimum Gasteiger partial charge on any atom is -0.480 e. The highest BCUT2D eigenvalue weighted by atomic mass is 16.5. The molecule has 1 aromatic heterocycles. The van der Waals surface area contributed by atoms with E-state index in [1.54, 1.807) is 0 Å². The van der Waals surface area contributed by atoms with Crippen molar-refractivity contribution in [2.45, 2.75) is 20.3 Å². The number of nitrogens with one attached hydrogen (secondary N) is 1. The summed E-state index contributed by atoms with van der Waals surface area (Å²) in [6, 6.07) is 5.86. The lowest BCUT2D eigenvalue weighted by Crippen LogP contribution is -2.29. The Morgan fingerprint density at radius 3 is 3.06 bits per heavy atom. The molecule has 18 heavy (non-hydrogen) atoms. The van der Waals surface area contributed by atoms with E-state index in [0.29, 0.717) is 12.3 Å². The number of amides is 1. The highest BCUT2D eigenvalue weighted by Crippen LogP contribution is 2.28. The van der Waals surface area contributed by atoms with Crippen LogP contribution in [0.4, 0.5) is 0 Å². The molecular weight excluding hydrogens is 230 g/mol. The normalized spacial score (nSPS) is 10.6.